The average Bonchev–Trinajstić information content (AvgIpc) is 2.84. The highest BCUT2D eigenvalue weighted by molar-refractivity contribution is 6.32. The second-order valence-electron chi connectivity index (χ2n) is 7.50. The molecule has 33 heavy (non-hydrogen) atoms. The number of aromatic carboxylic acids is 1. The normalized spacial score (nSPS) is 10.6. The molecule has 0 spiro atoms. The Hall–Kier alpha value is -3.96. The average molecular weight is 458 g/mol. The summed E-state index contributed by atoms with van der Waals surface area (Å²) in [5.74, 6) is -0.710. The molecule has 5 nitrogen and oxygen atoms in total. The van der Waals surface area contributed by atoms with Crippen LogP contribution < -0.4 is 4.74 Å². The summed E-state index contributed by atoms with van der Waals surface area (Å²) in [6, 6.07) is 20.8. The van der Waals surface area contributed by atoms with Crippen LogP contribution in [0.15, 0.2) is 79.1 Å². The van der Waals surface area contributed by atoms with Gasteiger partial charge in [0.05, 0.1) is 10.6 Å². The van der Waals surface area contributed by atoms with E-state index in [1.54, 1.807) is 6.07 Å². The van der Waals surface area contributed by atoms with Crippen molar-refractivity contribution in [2.24, 2.45) is 0 Å². The number of rotatable bonds is 7. The van der Waals surface area contributed by atoms with Crippen molar-refractivity contribution < 1.29 is 19.4 Å². The van der Waals surface area contributed by atoms with Crippen LogP contribution in [0.2, 0.25) is 5.02 Å². The van der Waals surface area contributed by atoms with E-state index in [1.165, 1.54) is 24.5 Å². The van der Waals surface area contributed by atoms with Crippen molar-refractivity contribution in [2.45, 2.75) is 13.5 Å². The van der Waals surface area contributed by atoms with Crippen molar-refractivity contribution in [3.05, 3.63) is 106 Å². The summed E-state index contributed by atoms with van der Waals surface area (Å²) in [6.07, 6.45) is 3.42. The monoisotopic (exact) mass is 457 g/mol. The summed E-state index contributed by atoms with van der Waals surface area (Å²) in [7, 11) is 0. The van der Waals surface area contributed by atoms with Crippen LogP contribution >= 0.6 is 11.6 Å². The van der Waals surface area contributed by atoms with Gasteiger partial charge in [-0.25, -0.2) is 4.79 Å². The molecule has 0 radical (unpaired) electrons. The lowest BCUT2D eigenvalue weighted by atomic mass is 9.97. The Kier molecular flexibility index (Phi) is 6.52. The van der Waals surface area contributed by atoms with Crippen LogP contribution in [0.4, 0.5) is 0 Å². The number of nitrogens with zero attached hydrogens (tertiary/aromatic N) is 1. The van der Waals surface area contributed by atoms with Crippen molar-refractivity contribution in [1.29, 1.82) is 0 Å². The number of ether oxygens (including phenoxy) is 1. The van der Waals surface area contributed by atoms with E-state index in [0.717, 1.165) is 22.3 Å². The minimum atomic E-state index is -1.10. The van der Waals surface area contributed by atoms with Gasteiger partial charge in [0.15, 0.2) is 6.29 Å². The Morgan fingerprint density at radius 2 is 1.79 bits per heavy atom. The van der Waals surface area contributed by atoms with Crippen molar-refractivity contribution >= 4 is 23.9 Å². The van der Waals surface area contributed by atoms with Gasteiger partial charge in [-0.2, -0.15) is 0 Å². The molecule has 3 aromatic carbocycles. The number of halogens is 1. The number of benzene rings is 3. The smallest absolute Gasteiger partial charge is 0.337 e. The Balaban J connectivity index is 1.66. The van der Waals surface area contributed by atoms with E-state index in [4.69, 9.17) is 16.3 Å². The van der Waals surface area contributed by atoms with Crippen molar-refractivity contribution in [3.63, 3.8) is 0 Å². The Bertz CT molecular complexity index is 1340. The molecule has 0 atom stereocenters. The third-order valence-electron chi connectivity index (χ3n) is 5.44. The predicted octanol–water partition coefficient (Wildman–Crippen LogP) is 6.47. The van der Waals surface area contributed by atoms with E-state index in [0.29, 0.717) is 33.7 Å². The van der Waals surface area contributed by atoms with Crippen LogP contribution in [0.5, 0.6) is 5.75 Å². The number of hydrogen-bond acceptors (Lipinski definition) is 4. The summed E-state index contributed by atoms with van der Waals surface area (Å²) in [4.78, 5) is 27.0. The van der Waals surface area contributed by atoms with Crippen molar-refractivity contribution in [3.8, 4) is 28.0 Å². The number of carbonyl (C=O) groups excluding carboxylic acids is 1. The lowest BCUT2D eigenvalue weighted by Crippen LogP contribution is -2.01. The SMILES string of the molecule is Cc1c(COc2cc(-c3cncc(C(=O)O)c3)c(C=O)cc2Cl)cccc1-c1ccccc1. The number of pyridine rings is 1. The van der Waals surface area contributed by atoms with Crippen LogP contribution in [0.3, 0.4) is 0 Å². The number of carbonyl (C=O) groups is 2. The molecule has 1 N–H and O–H groups in total. The first-order valence-corrected chi connectivity index (χ1v) is 10.6. The van der Waals surface area contributed by atoms with Gasteiger partial charge >= 0.3 is 5.97 Å². The second-order valence-corrected chi connectivity index (χ2v) is 7.91. The van der Waals surface area contributed by atoms with E-state index in [-0.39, 0.29) is 12.2 Å². The molecule has 1 heterocycles. The first-order chi connectivity index (χ1) is 16.0. The quantitative estimate of drug-likeness (QED) is 0.322. The van der Waals surface area contributed by atoms with Gasteiger partial charge in [0.2, 0.25) is 0 Å². The third kappa shape index (κ3) is 4.78. The van der Waals surface area contributed by atoms with E-state index in [1.807, 2.05) is 37.3 Å². The first-order valence-electron chi connectivity index (χ1n) is 10.2. The van der Waals surface area contributed by atoms with Crippen LogP contribution in [0.25, 0.3) is 22.3 Å². The number of carboxylic acids is 1. The Morgan fingerprint density at radius 3 is 2.52 bits per heavy atom. The lowest BCUT2D eigenvalue weighted by Gasteiger charge is -2.15. The van der Waals surface area contributed by atoms with E-state index >= 15 is 0 Å². The maximum Gasteiger partial charge on any atom is 0.337 e. The van der Waals surface area contributed by atoms with Gasteiger partial charge in [0.1, 0.15) is 12.4 Å². The molecular formula is C27H20ClNO4. The molecule has 0 aliphatic rings. The highest BCUT2D eigenvalue weighted by atomic mass is 35.5. The molecular weight excluding hydrogens is 438 g/mol. The number of aldehydes is 1. The van der Waals surface area contributed by atoms with Gasteiger partial charge in [0.25, 0.3) is 0 Å². The van der Waals surface area contributed by atoms with Gasteiger partial charge < -0.3 is 9.84 Å². The number of aromatic nitrogens is 1. The molecule has 0 saturated carbocycles. The summed E-state index contributed by atoms with van der Waals surface area (Å²) in [6.45, 7) is 2.33. The highest BCUT2D eigenvalue weighted by Gasteiger charge is 2.15. The molecule has 0 unspecified atom stereocenters. The van der Waals surface area contributed by atoms with Gasteiger partial charge in [-0.1, -0.05) is 60.1 Å². The van der Waals surface area contributed by atoms with Gasteiger partial charge in [0, 0.05) is 23.5 Å². The lowest BCUT2D eigenvalue weighted by molar-refractivity contribution is 0.0696. The molecule has 0 fully saturated rings. The molecule has 4 rings (SSSR count). The number of hydrogen-bond donors (Lipinski definition) is 1. The van der Waals surface area contributed by atoms with Crippen LogP contribution in [0, 0.1) is 6.92 Å². The summed E-state index contributed by atoms with van der Waals surface area (Å²) >= 11 is 6.39. The molecule has 0 aliphatic heterocycles. The van der Waals surface area contributed by atoms with Gasteiger partial charge in [-0.05, 0) is 52.9 Å². The predicted molar refractivity (Wildman–Crippen MR) is 128 cm³/mol. The standard InChI is InChI=1S/C27H20ClNO4/c1-17-19(8-5-9-23(17)18-6-3-2-4-7-18)16-33-26-12-24(22(15-30)11-25(26)28)20-10-21(27(31)32)14-29-13-20/h2-15H,16H2,1H3,(H,31,32). The molecule has 0 bridgehead atoms. The van der Waals surface area contributed by atoms with Crippen molar-refractivity contribution in [1.82, 2.24) is 4.98 Å². The molecule has 6 heteroatoms. The van der Waals surface area contributed by atoms with Gasteiger partial charge in [-0.3, -0.25) is 9.78 Å². The molecule has 164 valence electrons. The highest BCUT2D eigenvalue weighted by Crippen LogP contribution is 2.35. The first kappa shape index (κ1) is 22.2. The minimum Gasteiger partial charge on any atom is -0.487 e. The van der Waals surface area contributed by atoms with Crippen LogP contribution in [0.1, 0.15) is 31.8 Å². The topological polar surface area (TPSA) is 76.5 Å². The Morgan fingerprint density at radius 1 is 1.00 bits per heavy atom. The maximum absolute atomic E-state index is 11.6. The zero-order valence-corrected chi connectivity index (χ0v) is 18.5. The fraction of sp³-hybridized carbons (Fsp3) is 0.0741. The van der Waals surface area contributed by atoms with E-state index < -0.39 is 5.97 Å². The summed E-state index contributed by atoms with van der Waals surface area (Å²) in [5, 5.41) is 9.56. The van der Waals surface area contributed by atoms with Crippen molar-refractivity contribution in [2.75, 3.05) is 0 Å². The molecule has 0 saturated heterocycles. The number of carboxylic acid groups (broad SMARTS) is 1. The molecule has 1 aromatic heterocycles. The maximum atomic E-state index is 11.6. The fourth-order valence-corrected chi connectivity index (χ4v) is 3.88. The largest absolute Gasteiger partial charge is 0.487 e. The third-order valence-corrected chi connectivity index (χ3v) is 5.74. The molecule has 0 aliphatic carbocycles. The molecule has 4 aromatic rings. The zero-order chi connectivity index (χ0) is 23.4. The fourth-order valence-electron chi connectivity index (χ4n) is 3.66. The summed E-state index contributed by atoms with van der Waals surface area (Å²) in [5.41, 5.74) is 5.67. The zero-order valence-electron chi connectivity index (χ0n) is 17.8. The second kappa shape index (κ2) is 9.67. The Labute approximate surface area is 196 Å². The van der Waals surface area contributed by atoms with E-state index in [2.05, 4.69) is 23.2 Å². The molecule has 0 amide bonds. The van der Waals surface area contributed by atoms with Crippen LogP contribution in [-0.2, 0) is 6.61 Å². The van der Waals surface area contributed by atoms with Crippen LogP contribution in [-0.4, -0.2) is 22.3 Å². The minimum absolute atomic E-state index is 0.0233. The van der Waals surface area contributed by atoms with Gasteiger partial charge in [-0.15, -0.1) is 0 Å². The van der Waals surface area contributed by atoms with E-state index in [9.17, 15) is 14.7 Å². The summed E-state index contributed by atoms with van der Waals surface area (Å²) < 4.78 is 6.05.